The van der Waals surface area contributed by atoms with Gasteiger partial charge in [-0.3, -0.25) is 4.79 Å². The topological polar surface area (TPSA) is 141 Å². The van der Waals surface area contributed by atoms with E-state index in [0.29, 0.717) is 27.0 Å². The first-order valence-electron chi connectivity index (χ1n) is 12.4. The molecule has 3 N–H and O–H groups in total. The Bertz CT molecular complexity index is 1330. The van der Waals surface area contributed by atoms with E-state index in [2.05, 4.69) is 31.9 Å². The van der Waals surface area contributed by atoms with E-state index in [1.165, 1.54) is 7.11 Å². The Balaban J connectivity index is 1.77. The third-order valence-corrected chi connectivity index (χ3v) is 6.09. The summed E-state index contributed by atoms with van der Waals surface area (Å²) in [5.41, 5.74) is 1.24. The Morgan fingerprint density at radius 2 is 1.75 bits per heavy atom. The molecule has 0 fully saturated rings. The number of hydrogen-bond donors (Lipinski definition) is 3. The van der Waals surface area contributed by atoms with E-state index in [0.717, 1.165) is 0 Å². The maximum absolute atomic E-state index is 13.0. The van der Waals surface area contributed by atoms with Crippen LogP contribution >= 0.6 is 15.9 Å². The molecule has 12 heteroatoms. The fourth-order valence-corrected chi connectivity index (χ4v) is 4.41. The molecule has 1 aliphatic heterocycles. The van der Waals surface area contributed by atoms with Crippen molar-refractivity contribution in [3.05, 3.63) is 63.3 Å². The minimum absolute atomic E-state index is 0.241. The second-order valence-corrected chi connectivity index (χ2v) is 10.6. The van der Waals surface area contributed by atoms with Gasteiger partial charge in [0.25, 0.3) is 5.91 Å². The molecule has 0 bridgehead atoms. The number of rotatable bonds is 9. The molecule has 0 saturated carbocycles. The number of allylic oxidation sites excluding steroid dienone is 1. The average Bonchev–Trinajstić information content (AvgIpc) is 2.86. The van der Waals surface area contributed by atoms with Crippen molar-refractivity contribution in [1.29, 1.82) is 0 Å². The van der Waals surface area contributed by atoms with Crippen LogP contribution in [0.15, 0.2) is 52.1 Å². The van der Waals surface area contributed by atoms with E-state index >= 15 is 0 Å². The third kappa shape index (κ3) is 7.75. The van der Waals surface area contributed by atoms with Crippen molar-refractivity contribution < 1.29 is 38.1 Å². The van der Waals surface area contributed by atoms with Crippen LogP contribution in [0.5, 0.6) is 11.5 Å². The number of halogens is 1. The van der Waals surface area contributed by atoms with Gasteiger partial charge >= 0.3 is 18.0 Å². The number of carbonyl (C=O) groups excluding carboxylic acids is 4. The van der Waals surface area contributed by atoms with Gasteiger partial charge in [-0.15, -0.1) is 0 Å². The molecular formula is C28H32BrN3O8. The summed E-state index contributed by atoms with van der Waals surface area (Å²) in [7, 11) is 1.43. The largest absolute Gasteiger partial charge is 0.493 e. The van der Waals surface area contributed by atoms with Crippen molar-refractivity contribution >= 4 is 45.5 Å². The molecule has 0 radical (unpaired) electrons. The summed E-state index contributed by atoms with van der Waals surface area (Å²) in [5.74, 6) is -0.955. The molecule has 0 aliphatic carbocycles. The van der Waals surface area contributed by atoms with Gasteiger partial charge in [0, 0.05) is 11.4 Å². The summed E-state index contributed by atoms with van der Waals surface area (Å²) in [4.78, 5) is 49.6. The first-order chi connectivity index (χ1) is 18.8. The molecule has 1 unspecified atom stereocenters. The number of ether oxygens (including phenoxy) is 4. The summed E-state index contributed by atoms with van der Waals surface area (Å²) in [5, 5.41) is 8.06. The molecule has 0 spiro atoms. The zero-order valence-corrected chi connectivity index (χ0v) is 24.7. The van der Waals surface area contributed by atoms with Gasteiger partial charge in [-0.05, 0) is 92.5 Å². The Morgan fingerprint density at radius 1 is 1.07 bits per heavy atom. The number of esters is 2. The third-order valence-electron chi connectivity index (χ3n) is 5.50. The van der Waals surface area contributed by atoms with E-state index < -0.39 is 35.5 Å². The molecule has 0 saturated heterocycles. The quantitative estimate of drug-likeness (QED) is 0.346. The van der Waals surface area contributed by atoms with Crippen molar-refractivity contribution in [2.45, 2.75) is 46.3 Å². The highest BCUT2D eigenvalue weighted by molar-refractivity contribution is 9.10. The van der Waals surface area contributed by atoms with Gasteiger partial charge in [0.15, 0.2) is 18.1 Å². The Kier molecular flexibility index (Phi) is 9.80. The molecule has 1 heterocycles. The molecular weight excluding hydrogens is 586 g/mol. The molecule has 40 heavy (non-hydrogen) atoms. The van der Waals surface area contributed by atoms with Crippen LogP contribution in [0, 0.1) is 0 Å². The number of urea groups is 1. The van der Waals surface area contributed by atoms with Crippen molar-refractivity contribution in [2.24, 2.45) is 0 Å². The number of carbonyl (C=O) groups is 4. The molecule has 1 atom stereocenters. The Labute approximate surface area is 240 Å². The zero-order chi connectivity index (χ0) is 29.6. The zero-order valence-electron chi connectivity index (χ0n) is 23.1. The van der Waals surface area contributed by atoms with Crippen molar-refractivity contribution in [1.82, 2.24) is 10.6 Å². The Morgan fingerprint density at radius 3 is 2.35 bits per heavy atom. The second kappa shape index (κ2) is 12.9. The van der Waals surface area contributed by atoms with Crippen LogP contribution in [0.2, 0.25) is 0 Å². The SMILES string of the molecule is CCOC(=O)c1ccc(NC(=O)COc2c(Br)cc(C3NC(=O)NC(C)=C3C(=O)OC(C)(C)C)cc2OC)cc1. The number of anilines is 1. The van der Waals surface area contributed by atoms with E-state index in [-0.39, 0.29) is 30.3 Å². The highest BCUT2D eigenvalue weighted by Crippen LogP contribution is 2.40. The van der Waals surface area contributed by atoms with Crippen LogP contribution in [-0.2, 0) is 19.1 Å². The number of methoxy groups -OCH3 is 1. The molecule has 3 rings (SSSR count). The smallest absolute Gasteiger partial charge is 0.338 e. The lowest BCUT2D eigenvalue weighted by Crippen LogP contribution is -2.46. The first-order valence-corrected chi connectivity index (χ1v) is 13.2. The van der Waals surface area contributed by atoms with Crippen LogP contribution < -0.4 is 25.4 Å². The predicted molar refractivity (Wildman–Crippen MR) is 150 cm³/mol. The lowest BCUT2D eigenvalue weighted by Gasteiger charge is -2.30. The van der Waals surface area contributed by atoms with Crippen LogP contribution in [0.1, 0.15) is 56.6 Å². The molecule has 11 nitrogen and oxygen atoms in total. The fraction of sp³-hybridized carbons (Fsp3) is 0.357. The lowest BCUT2D eigenvalue weighted by atomic mass is 9.95. The van der Waals surface area contributed by atoms with Gasteiger partial charge in [-0.2, -0.15) is 0 Å². The van der Waals surface area contributed by atoms with Gasteiger partial charge in [0.1, 0.15) is 5.60 Å². The molecule has 0 aromatic heterocycles. The standard InChI is InChI=1S/C28H32BrN3O8/c1-7-38-25(34)16-8-10-18(11-9-16)31-21(33)14-39-24-19(29)12-17(13-20(24)37-6)23-22(15(2)30-27(36)32-23)26(35)40-28(3,4)5/h8-13,23H,7,14H2,1-6H3,(H,31,33)(H2,30,32,36). The minimum atomic E-state index is -0.830. The van der Waals surface area contributed by atoms with Crippen LogP contribution in [0.4, 0.5) is 10.5 Å². The van der Waals surface area contributed by atoms with E-state index in [4.69, 9.17) is 18.9 Å². The van der Waals surface area contributed by atoms with Crippen LogP contribution in [0.3, 0.4) is 0 Å². The fourth-order valence-electron chi connectivity index (χ4n) is 3.83. The number of nitrogens with one attached hydrogen (secondary N) is 3. The van der Waals surface area contributed by atoms with Crippen LogP contribution in [-0.4, -0.2) is 49.8 Å². The van der Waals surface area contributed by atoms with Gasteiger partial charge < -0.3 is 34.9 Å². The normalized spacial score (nSPS) is 15.0. The lowest BCUT2D eigenvalue weighted by molar-refractivity contribution is -0.150. The van der Waals surface area contributed by atoms with E-state index in [1.54, 1.807) is 71.0 Å². The first kappa shape index (κ1) is 30.5. The highest BCUT2D eigenvalue weighted by atomic mass is 79.9. The van der Waals surface area contributed by atoms with E-state index in [9.17, 15) is 19.2 Å². The summed E-state index contributed by atoms with van der Waals surface area (Å²) in [6.07, 6.45) is 0. The monoisotopic (exact) mass is 617 g/mol. The van der Waals surface area contributed by atoms with E-state index in [1.807, 2.05) is 0 Å². The minimum Gasteiger partial charge on any atom is -0.493 e. The summed E-state index contributed by atoms with van der Waals surface area (Å²) < 4.78 is 22.2. The molecule has 3 amide bonds. The summed E-state index contributed by atoms with van der Waals surface area (Å²) in [6.45, 7) is 8.53. The van der Waals surface area contributed by atoms with Crippen molar-refractivity contribution in [2.75, 3.05) is 25.6 Å². The Hall–Kier alpha value is -4.06. The van der Waals surface area contributed by atoms with Gasteiger partial charge in [0.2, 0.25) is 0 Å². The second-order valence-electron chi connectivity index (χ2n) is 9.74. The molecule has 2 aromatic carbocycles. The average molecular weight is 618 g/mol. The summed E-state index contributed by atoms with van der Waals surface area (Å²) >= 11 is 3.45. The van der Waals surface area contributed by atoms with Gasteiger partial charge in [-0.1, -0.05) is 0 Å². The number of hydrogen-bond acceptors (Lipinski definition) is 8. The highest BCUT2D eigenvalue weighted by Gasteiger charge is 2.35. The maximum atomic E-state index is 13.0. The summed E-state index contributed by atoms with van der Waals surface area (Å²) in [6, 6.07) is 8.24. The predicted octanol–water partition coefficient (Wildman–Crippen LogP) is 4.62. The number of amides is 3. The number of benzene rings is 2. The van der Waals surface area contributed by atoms with Crippen molar-refractivity contribution in [3.8, 4) is 11.5 Å². The molecule has 214 valence electrons. The maximum Gasteiger partial charge on any atom is 0.338 e. The van der Waals surface area contributed by atoms with Gasteiger partial charge in [0.05, 0.1) is 35.4 Å². The van der Waals surface area contributed by atoms with Gasteiger partial charge in [-0.25, -0.2) is 14.4 Å². The molecule has 2 aromatic rings. The van der Waals surface area contributed by atoms with Crippen LogP contribution in [0.25, 0.3) is 0 Å². The van der Waals surface area contributed by atoms with Crippen molar-refractivity contribution in [3.63, 3.8) is 0 Å². The molecule has 1 aliphatic rings.